The maximum absolute atomic E-state index is 5.96. The standard InChI is InChI=1S/C10H17NO/c1-9(2)8-11-10(12-9)6-4-3-5-7-10/h8H,3-7H2,1-2H3. The van der Waals surface area contributed by atoms with E-state index in [0.717, 1.165) is 12.8 Å². The van der Waals surface area contributed by atoms with E-state index in [-0.39, 0.29) is 11.3 Å². The van der Waals surface area contributed by atoms with Gasteiger partial charge in [0.25, 0.3) is 0 Å². The van der Waals surface area contributed by atoms with Crippen LogP contribution in [-0.2, 0) is 4.74 Å². The van der Waals surface area contributed by atoms with Gasteiger partial charge in [-0.1, -0.05) is 6.42 Å². The summed E-state index contributed by atoms with van der Waals surface area (Å²) >= 11 is 0. The molecule has 0 aromatic rings. The van der Waals surface area contributed by atoms with Crippen molar-refractivity contribution in [1.82, 2.24) is 0 Å². The third kappa shape index (κ3) is 1.40. The van der Waals surface area contributed by atoms with E-state index in [1.54, 1.807) is 0 Å². The summed E-state index contributed by atoms with van der Waals surface area (Å²) in [6.07, 6.45) is 8.10. The predicted molar refractivity (Wildman–Crippen MR) is 49.5 cm³/mol. The van der Waals surface area contributed by atoms with E-state index in [2.05, 4.69) is 18.8 Å². The Hall–Kier alpha value is -0.370. The van der Waals surface area contributed by atoms with Gasteiger partial charge in [-0.2, -0.15) is 0 Å². The minimum Gasteiger partial charge on any atom is -0.342 e. The number of rotatable bonds is 0. The van der Waals surface area contributed by atoms with Crippen molar-refractivity contribution in [3.8, 4) is 0 Å². The maximum Gasteiger partial charge on any atom is 0.159 e. The fraction of sp³-hybridized carbons (Fsp3) is 0.900. The molecule has 0 aromatic carbocycles. The van der Waals surface area contributed by atoms with Gasteiger partial charge in [0, 0.05) is 6.21 Å². The van der Waals surface area contributed by atoms with Crippen molar-refractivity contribution in [2.45, 2.75) is 57.3 Å². The zero-order valence-corrected chi connectivity index (χ0v) is 7.97. The number of aliphatic imine (C=N–C) groups is 1. The van der Waals surface area contributed by atoms with E-state index >= 15 is 0 Å². The molecule has 0 bridgehead atoms. The molecule has 0 unspecified atom stereocenters. The molecule has 68 valence electrons. The van der Waals surface area contributed by atoms with Gasteiger partial charge in [0.15, 0.2) is 5.72 Å². The SMILES string of the molecule is CC1(C)C=NC2(CCCCC2)O1. The van der Waals surface area contributed by atoms with Gasteiger partial charge in [-0.3, -0.25) is 4.99 Å². The highest BCUT2D eigenvalue weighted by Crippen LogP contribution is 2.39. The lowest BCUT2D eigenvalue weighted by molar-refractivity contribution is -0.0999. The molecule has 0 N–H and O–H groups in total. The molecule has 1 aliphatic heterocycles. The van der Waals surface area contributed by atoms with E-state index in [1.165, 1.54) is 19.3 Å². The highest BCUT2D eigenvalue weighted by atomic mass is 16.5. The van der Waals surface area contributed by atoms with Gasteiger partial charge in [0.05, 0.1) is 0 Å². The van der Waals surface area contributed by atoms with E-state index in [4.69, 9.17) is 4.74 Å². The second-order valence-electron chi connectivity index (χ2n) is 4.47. The van der Waals surface area contributed by atoms with Crippen LogP contribution in [0.5, 0.6) is 0 Å². The van der Waals surface area contributed by atoms with Crippen LogP contribution in [0.4, 0.5) is 0 Å². The van der Waals surface area contributed by atoms with Crippen LogP contribution >= 0.6 is 0 Å². The minimum absolute atomic E-state index is 0.123. The van der Waals surface area contributed by atoms with Crippen LogP contribution in [0.15, 0.2) is 4.99 Å². The molecule has 0 amide bonds. The molecule has 1 heterocycles. The fourth-order valence-corrected chi connectivity index (χ4v) is 2.15. The summed E-state index contributed by atoms with van der Waals surface area (Å²) in [6, 6.07) is 0. The molecule has 1 fully saturated rings. The van der Waals surface area contributed by atoms with Gasteiger partial charge in [-0.15, -0.1) is 0 Å². The average Bonchev–Trinajstić information content (AvgIpc) is 2.29. The summed E-state index contributed by atoms with van der Waals surface area (Å²) in [5.41, 5.74) is -0.251. The van der Waals surface area contributed by atoms with Crippen molar-refractivity contribution < 1.29 is 4.74 Å². The fourth-order valence-electron chi connectivity index (χ4n) is 2.15. The van der Waals surface area contributed by atoms with E-state index in [9.17, 15) is 0 Å². The van der Waals surface area contributed by atoms with Crippen molar-refractivity contribution in [2.24, 2.45) is 4.99 Å². The first-order valence-electron chi connectivity index (χ1n) is 4.89. The Morgan fingerprint density at radius 2 is 1.83 bits per heavy atom. The molecule has 0 radical (unpaired) electrons. The lowest BCUT2D eigenvalue weighted by Crippen LogP contribution is -2.35. The van der Waals surface area contributed by atoms with Crippen LogP contribution in [0.3, 0.4) is 0 Å². The van der Waals surface area contributed by atoms with Crippen LogP contribution in [0.1, 0.15) is 46.0 Å². The molecule has 1 saturated carbocycles. The van der Waals surface area contributed by atoms with Gasteiger partial charge in [-0.25, -0.2) is 0 Å². The number of nitrogens with zero attached hydrogens (tertiary/aromatic N) is 1. The van der Waals surface area contributed by atoms with Gasteiger partial charge < -0.3 is 4.74 Å². The Kier molecular flexibility index (Phi) is 1.76. The molecule has 2 rings (SSSR count). The molecule has 12 heavy (non-hydrogen) atoms. The summed E-state index contributed by atoms with van der Waals surface area (Å²) in [4.78, 5) is 4.53. The Morgan fingerprint density at radius 1 is 1.17 bits per heavy atom. The lowest BCUT2D eigenvalue weighted by atomic mass is 9.92. The number of ether oxygens (including phenoxy) is 1. The van der Waals surface area contributed by atoms with Crippen molar-refractivity contribution in [3.05, 3.63) is 0 Å². The first kappa shape index (κ1) is 8.24. The molecular weight excluding hydrogens is 150 g/mol. The van der Waals surface area contributed by atoms with Crippen LogP contribution in [0.25, 0.3) is 0 Å². The van der Waals surface area contributed by atoms with Crippen LogP contribution in [0.2, 0.25) is 0 Å². The Balaban J connectivity index is 2.10. The monoisotopic (exact) mass is 167 g/mol. The topological polar surface area (TPSA) is 21.6 Å². The lowest BCUT2D eigenvalue weighted by Gasteiger charge is -2.33. The summed E-state index contributed by atoms with van der Waals surface area (Å²) in [5, 5.41) is 0. The molecule has 2 aliphatic rings. The van der Waals surface area contributed by atoms with Crippen molar-refractivity contribution >= 4 is 6.21 Å². The highest BCUT2D eigenvalue weighted by molar-refractivity contribution is 5.69. The minimum atomic E-state index is -0.128. The number of hydrogen-bond donors (Lipinski definition) is 0. The van der Waals surface area contributed by atoms with Gasteiger partial charge in [0.2, 0.25) is 0 Å². The zero-order chi connectivity index (χ0) is 8.66. The summed E-state index contributed by atoms with van der Waals surface area (Å²) in [6.45, 7) is 4.17. The Morgan fingerprint density at radius 3 is 2.33 bits per heavy atom. The van der Waals surface area contributed by atoms with E-state index < -0.39 is 0 Å². The van der Waals surface area contributed by atoms with Crippen molar-refractivity contribution in [3.63, 3.8) is 0 Å². The van der Waals surface area contributed by atoms with E-state index in [1.807, 2.05) is 6.21 Å². The summed E-state index contributed by atoms with van der Waals surface area (Å²) in [7, 11) is 0. The van der Waals surface area contributed by atoms with Crippen LogP contribution in [0, 0.1) is 0 Å². The Labute approximate surface area is 74.0 Å². The first-order chi connectivity index (χ1) is 5.62. The molecule has 1 aliphatic carbocycles. The molecular formula is C10H17NO. The van der Waals surface area contributed by atoms with Crippen molar-refractivity contribution in [1.29, 1.82) is 0 Å². The molecule has 2 nitrogen and oxygen atoms in total. The van der Waals surface area contributed by atoms with Gasteiger partial charge >= 0.3 is 0 Å². The third-order valence-corrected chi connectivity index (χ3v) is 2.70. The van der Waals surface area contributed by atoms with Crippen LogP contribution < -0.4 is 0 Å². The molecule has 0 aromatic heterocycles. The summed E-state index contributed by atoms with van der Waals surface area (Å²) in [5.74, 6) is 0. The van der Waals surface area contributed by atoms with Gasteiger partial charge in [0.1, 0.15) is 5.60 Å². The first-order valence-corrected chi connectivity index (χ1v) is 4.89. The van der Waals surface area contributed by atoms with Gasteiger partial charge in [-0.05, 0) is 39.5 Å². The third-order valence-electron chi connectivity index (χ3n) is 2.70. The Bertz CT molecular complexity index is 202. The van der Waals surface area contributed by atoms with Crippen molar-refractivity contribution in [2.75, 3.05) is 0 Å². The molecule has 1 spiro atoms. The maximum atomic E-state index is 5.96. The second kappa shape index (κ2) is 2.56. The zero-order valence-electron chi connectivity index (χ0n) is 7.97. The summed E-state index contributed by atoms with van der Waals surface area (Å²) < 4.78 is 5.96. The second-order valence-corrected chi connectivity index (χ2v) is 4.47. The number of hydrogen-bond acceptors (Lipinski definition) is 2. The molecule has 2 heteroatoms. The normalized spacial score (nSPS) is 31.2. The van der Waals surface area contributed by atoms with E-state index in [0.29, 0.717) is 0 Å². The predicted octanol–water partition coefficient (Wildman–Crippen LogP) is 2.53. The molecule has 0 atom stereocenters. The van der Waals surface area contributed by atoms with Crippen LogP contribution in [-0.4, -0.2) is 17.5 Å². The largest absolute Gasteiger partial charge is 0.342 e. The molecule has 0 saturated heterocycles. The highest BCUT2D eigenvalue weighted by Gasteiger charge is 2.41. The smallest absolute Gasteiger partial charge is 0.159 e. The average molecular weight is 167 g/mol. The quantitative estimate of drug-likeness (QED) is 0.543.